The van der Waals surface area contributed by atoms with Crippen molar-refractivity contribution in [2.45, 2.75) is 26.4 Å². The molecule has 0 aliphatic heterocycles. The predicted molar refractivity (Wildman–Crippen MR) is 69.0 cm³/mol. The van der Waals surface area contributed by atoms with Crippen LogP contribution in [0.2, 0.25) is 0 Å². The van der Waals surface area contributed by atoms with Crippen molar-refractivity contribution >= 4 is 11.9 Å². The molecule has 2 aromatic rings. The van der Waals surface area contributed by atoms with Gasteiger partial charge in [0, 0.05) is 30.7 Å². The molecule has 0 radical (unpaired) electrons. The zero-order valence-electron chi connectivity index (χ0n) is 10.7. The summed E-state index contributed by atoms with van der Waals surface area (Å²) in [6, 6.07) is 1.49. The van der Waals surface area contributed by atoms with Gasteiger partial charge in [-0.3, -0.25) is 0 Å². The maximum Gasteiger partial charge on any atom is 0.354 e. The molecule has 7 nitrogen and oxygen atoms in total. The third-order valence-electron chi connectivity index (χ3n) is 2.49. The molecule has 19 heavy (non-hydrogen) atoms. The van der Waals surface area contributed by atoms with Crippen molar-refractivity contribution in [2.24, 2.45) is 0 Å². The van der Waals surface area contributed by atoms with E-state index in [0.29, 0.717) is 18.2 Å². The van der Waals surface area contributed by atoms with Crippen LogP contribution in [0.5, 0.6) is 0 Å². The normalized spacial score (nSPS) is 12.1. The highest BCUT2D eigenvalue weighted by Crippen LogP contribution is 2.07. The Kier molecular flexibility index (Phi) is 3.74. The number of rotatable bonds is 5. The Balaban J connectivity index is 2.08. The first-order chi connectivity index (χ1) is 9.04. The molecule has 0 aliphatic carbocycles. The lowest BCUT2D eigenvalue weighted by molar-refractivity contribution is 0.0690. The molecular weight excluding hydrogens is 246 g/mol. The standard InChI is InChI=1S/C12H15N5O2/c1-8-5-10(11(18)19)16-12(14-8)15-9(2)6-17-4-3-13-7-17/h3-5,7,9H,6H2,1-2H3,(H,18,19)(H,14,15,16). The average molecular weight is 261 g/mol. The fourth-order valence-corrected chi connectivity index (χ4v) is 1.72. The summed E-state index contributed by atoms with van der Waals surface area (Å²) < 4.78 is 1.92. The van der Waals surface area contributed by atoms with Crippen LogP contribution in [0.15, 0.2) is 24.8 Å². The zero-order valence-corrected chi connectivity index (χ0v) is 10.7. The fraction of sp³-hybridized carbons (Fsp3) is 0.333. The van der Waals surface area contributed by atoms with Crippen LogP contribution in [0.25, 0.3) is 0 Å². The number of hydrogen-bond acceptors (Lipinski definition) is 5. The average Bonchev–Trinajstić information content (AvgIpc) is 2.80. The van der Waals surface area contributed by atoms with Gasteiger partial charge in [-0.1, -0.05) is 0 Å². The molecular formula is C12H15N5O2. The molecule has 1 unspecified atom stereocenters. The molecule has 2 aromatic heterocycles. The molecule has 0 saturated carbocycles. The van der Waals surface area contributed by atoms with E-state index < -0.39 is 5.97 Å². The van der Waals surface area contributed by atoms with Gasteiger partial charge in [-0.05, 0) is 19.9 Å². The molecule has 2 heterocycles. The Morgan fingerprint density at radius 1 is 1.53 bits per heavy atom. The van der Waals surface area contributed by atoms with Crippen LogP contribution >= 0.6 is 0 Å². The van der Waals surface area contributed by atoms with E-state index in [1.165, 1.54) is 6.07 Å². The number of anilines is 1. The summed E-state index contributed by atoms with van der Waals surface area (Å²) in [7, 11) is 0. The minimum Gasteiger partial charge on any atom is -0.477 e. The smallest absolute Gasteiger partial charge is 0.354 e. The molecule has 0 saturated heterocycles. The number of imidazole rings is 1. The number of hydrogen-bond donors (Lipinski definition) is 2. The van der Waals surface area contributed by atoms with E-state index in [4.69, 9.17) is 5.11 Å². The van der Waals surface area contributed by atoms with Gasteiger partial charge in [0.1, 0.15) is 0 Å². The maximum atomic E-state index is 10.9. The number of nitrogens with one attached hydrogen (secondary N) is 1. The van der Waals surface area contributed by atoms with E-state index in [1.54, 1.807) is 19.4 Å². The first-order valence-electron chi connectivity index (χ1n) is 5.86. The van der Waals surface area contributed by atoms with Crippen LogP contribution in [-0.4, -0.2) is 36.6 Å². The van der Waals surface area contributed by atoms with Gasteiger partial charge in [0.25, 0.3) is 0 Å². The minimum atomic E-state index is -1.06. The monoisotopic (exact) mass is 261 g/mol. The molecule has 100 valence electrons. The van der Waals surface area contributed by atoms with Crippen molar-refractivity contribution in [3.63, 3.8) is 0 Å². The summed E-state index contributed by atoms with van der Waals surface area (Å²) in [5.41, 5.74) is 0.606. The Morgan fingerprint density at radius 3 is 2.95 bits per heavy atom. The second-order valence-electron chi connectivity index (χ2n) is 4.33. The van der Waals surface area contributed by atoms with Gasteiger partial charge in [0.15, 0.2) is 5.69 Å². The van der Waals surface area contributed by atoms with Crippen LogP contribution in [0.4, 0.5) is 5.95 Å². The molecule has 0 bridgehead atoms. The quantitative estimate of drug-likeness (QED) is 0.839. The van der Waals surface area contributed by atoms with E-state index >= 15 is 0 Å². The SMILES string of the molecule is Cc1cc(C(=O)O)nc(NC(C)Cn2ccnc2)n1. The van der Waals surface area contributed by atoms with Gasteiger partial charge in [0.2, 0.25) is 5.95 Å². The number of aryl methyl sites for hydroxylation is 1. The maximum absolute atomic E-state index is 10.9. The Morgan fingerprint density at radius 2 is 2.32 bits per heavy atom. The number of carboxylic acids is 1. The first kappa shape index (κ1) is 13.0. The largest absolute Gasteiger partial charge is 0.477 e. The Labute approximate surface area is 110 Å². The topological polar surface area (TPSA) is 92.9 Å². The van der Waals surface area contributed by atoms with Gasteiger partial charge in [0.05, 0.1) is 6.33 Å². The van der Waals surface area contributed by atoms with Gasteiger partial charge in [-0.25, -0.2) is 19.7 Å². The Bertz CT molecular complexity index is 568. The molecule has 0 amide bonds. The van der Waals surface area contributed by atoms with Gasteiger partial charge < -0.3 is 15.0 Å². The van der Waals surface area contributed by atoms with E-state index in [9.17, 15) is 4.79 Å². The van der Waals surface area contributed by atoms with Gasteiger partial charge in [-0.15, -0.1) is 0 Å². The van der Waals surface area contributed by atoms with Crippen molar-refractivity contribution in [1.82, 2.24) is 19.5 Å². The number of carbonyl (C=O) groups is 1. The van der Waals surface area contributed by atoms with Crippen LogP contribution < -0.4 is 5.32 Å². The van der Waals surface area contributed by atoms with Crippen molar-refractivity contribution in [1.29, 1.82) is 0 Å². The number of aromatic nitrogens is 4. The van der Waals surface area contributed by atoms with Crippen molar-refractivity contribution in [2.75, 3.05) is 5.32 Å². The molecule has 0 aromatic carbocycles. The highest BCUT2D eigenvalue weighted by molar-refractivity contribution is 5.85. The highest BCUT2D eigenvalue weighted by Gasteiger charge is 2.10. The fourth-order valence-electron chi connectivity index (χ4n) is 1.72. The van der Waals surface area contributed by atoms with E-state index in [-0.39, 0.29) is 11.7 Å². The minimum absolute atomic E-state index is 0.00942. The molecule has 7 heteroatoms. The number of nitrogens with zero attached hydrogens (tertiary/aromatic N) is 4. The molecule has 0 spiro atoms. The lowest BCUT2D eigenvalue weighted by Crippen LogP contribution is -2.23. The van der Waals surface area contributed by atoms with Gasteiger partial charge >= 0.3 is 5.97 Å². The highest BCUT2D eigenvalue weighted by atomic mass is 16.4. The third kappa shape index (κ3) is 3.51. The summed E-state index contributed by atoms with van der Waals surface area (Å²) in [5.74, 6) is -0.735. The van der Waals surface area contributed by atoms with E-state index in [0.717, 1.165) is 0 Å². The summed E-state index contributed by atoms with van der Waals surface area (Å²) in [6.07, 6.45) is 5.29. The molecule has 0 fully saturated rings. The van der Waals surface area contributed by atoms with Crippen LogP contribution in [0, 0.1) is 6.92 Å². The van der Waals surface area contributed by atoms with Crippen LogP contribution in [0.1, 0.15) is 23.1 Å². The summed E-state index contributed by atoms with van der Waals surface area (Å²) in [5, 5.41) is 12.0. The first-order valence-corrected chi connectivity index (χ1v) is 5.86. The van der Waals surface area contributed by atoms with Gasteiger partial charge in [-0.2, -0.15) is 0 Å². The van der Waals surface area contributed by atoms with Crippen molar-refractivity contribution in [3.05, 3.63) is 36.2 Å². The molecule has 2 N–H and O–H groups in total. The van der Waals surface area contributed by atoms with E-state index in [2.05, 4.69) is 20.3 Å². The van der Waals surface area contributed by atoms with Crippen LogP contribution in [-0.2, 0) is 6.54 Å². The Hall–Kier alpha value is -2.44. The molecule has 2 rings (SSSR count). The lowest BCUT2D eigenvalue weighted by Gasteiger charge is -2.14. The lowest BCUT2D eigenvalue weighted by atomic mass is 10.3. The van der Waals surface area contributed by atoms with Crippen molar-refractivity contribution < 1.29 is 9.90 Å². The molecule has 0 aliphatic rings. The molecule has 1 atom stereocenters. The van der Waals surface area contributed by atoms with Crippen LogP contribution in [0.3, 0.4) is 0 Å². The second-order valence-corrected chi connectivity index (χ2v) is 4.33. The summed E-state index contributed by atoms with van der Waals surface area (Å²) in [4.78, 5) is 23.0. The number of carboxylic acid groups (broad SMARTS) is 1. The predicted octanol–water partition coefficient (Wildman–Crippen LogP) is 1.18. The third-order valence-corrected chi connectivity index (χ3v) is 2.49. The number of aromatic carboxylic acids is 1. The van der Waals surface area contributed by atoms with E-state index in [1.807, 2.05) is 17.7 Å². The zero-order chi connectivity index (χ0) is 13.8. The summed E-state index contributed by atoms with van der Waals surface area (Å²) in [6.45, 7) is 4.39. The van der Waals surface area contributed by atoms with Crippen molar-refractivity contribution in [3.8, 4) is 0 Å². The summed E-state index contributed by atoms with van der Waals surface area (Å²) >= 11 is 0. The second kappa shape index (κ2) is 5.47.